The van der Waals surface area contributed by atoms with Crippen LogP contribution in [0.5, 0.6) is 0 Å². The molecule has 0 amide bonds. The minimum Gasteiger partial charge on any atom is -0.398 e. The van der Waals surface area contributed by atoms with E-state index in [0.717, 1.165) is 29.9 Å². The van der Waals surface area contributed by atoms with Gasteiger partial charge in [0.15, 0.2) is 0 Å². The van der Waals surface area contributed by atoms with Gasteiger partial charge < -0.3 is 10.6 Å². The lowest BCUT2D eigenvalue weighted by atomic mass is 9.85. The zero-order valence-electron chi connectivity index (χ0n) is 13.3. The molecule has 2 heterocycles. The molecule has 2 N–H and O–H groups in total. The summed E-state index contributed by atoms with van der Waals surface area (Å²) in [5, 5.41) is 2.31. The van der Waals surface area contributed by atoms with Gasteiger partial charge in [0.05, 0.1) is 0 Å². The Morgan fingerprint density at radius 2 is 1.95 bits per heavy atom. The molecule has 1 saturated heterocycles. The number of aryl methyl sites for hydroxylation is 1. The van der Waals surface area contributed by atoms with Gasteiger partial charge in [0, 0.05) is 47.1 Å². The van der Waals surface area contributed by atoms with Crippen molar-refractivity contribution < 1.29 is 0 Å². The van der Waals surface area contributed by atoms with Crippen LogP contribution < -0.4 is 10.6 Å². The van der Waals surface area contributed by atoms with Crippen LogP contribution in [0.2, 0.25) is 0 Å². The second kappa shape index (κ2) is 5.21. The summed E-state index contributed by atoms with van der Waals surface area (Å²) in [4.78, 5) is 6.92. The van der Waals surface area contributed by atoms with Gasteiger partial charge in [-0.15, -0.1) is 0 Å². The maximum Gasteiger partial charge on any atom is 0.0448 e. The quantitative estimate of drug-likeness (QED) is 0.800. The highest BCUT2D eigenvalue weighted by molar-refractivity contribution is 6.01. The van der Waals surface area contributed by atoms with Crippen LogP contribution in [0.3, 0.4) is 0 Å². The fourth-order valence-electron chi connectivity index (χ4n) is 3.29. The molecule has 112 valence electrons. The van der Waals surface area contributed by atoms with Crippen LogP contribution in [0.4, 0.5) is 11.4 Å². The van der Waals surface area contributed by atoms with Gasteiger partial charge in [0.2, 0.25) is 0 Å². The van der Waals surface area contributed by atoms with Crippen molar-refractivity contribution in [2.24, 2.45) is 5.41 Å². The predicted molar refractivity (Wildman–Crippen MR) is 90.7 cm³/mol. The SMILES string of the molecule is Cc1cc2c(N3CCCC(C)(C)CC3)ccc(N)c2cn1. The van der Waals surface area contributed by atoms with Gasteiger partial charge in [0.25, 0.3) is 0 Å². The number of aromatic nitrogens is 1. The summed E-state index contributed by atoms with van der Waals surface area (Å²) in [7, 11) is 0. The molecule has 1 aromatic carbocycles. The van der Waals surface area contributed by atoms with E-state index in [9.17, 15) is 0 Å². The first kappa shape index (κ1) is 14.2. The Hall–Kier alpha value is -1.77. The molecule has 21 heavy (non-hydrogen) atoms. The Morgan fingerprint density at radius 3 is 2.76 bits per heavy atom. The van der Waals surface area contributed by atoms with Crippen molar-refractivity contribution in [1.82, 2.24) is 4.98 Å². The van der Waals surface area contributed by atoms with Crippen molar-refractivity contribution in [1.29, 1.82) is 0 Å². The molecule has 1 fully saturated rings. The van der Waals surface area contributed by atoms with Gasteiger partial charge in [-0.3, -0.25) is 4.98 Å². The minimum absolute atomic E-state index is 0.454. The fourth-order valence-corrected chi connectivity index (χ4v) is 3.29. The van der Waals surface area contributed by atoms with E-state index in [1.807, 2.05) is 19.2 Å². The monoisotopic (exact) mass is 283 g/mol. The van der Waals surface area contributed by atoms with Gasteiger partial charge in [-0.05, 0) is 49.8 Å². The number of benzene rings is 1. The lowest BCUT2D eigenvalue weighted by molar-refractivity contribution is 0.325. The van der Waals surface area contributed by atoms with Gasteiger partial charge >= 0.3 is 0 Å². The molecular formula is C18H25N3. The Bertz CT molecular complexity index is 661. The molecule has 0 unspecified atom stereocenters. The second-order valence-electron chi connectivity index (χ2n) is 7.05. The minimum atomic E-state index is 0.454. The Labute approximate surface area is 127 Å². The summed E-state index contributed by atoms with van der Waals surface area (Å²) < 4.78 is 0. The maximum atomic E-state index is 6.12. The third kappa shape index (κ3) is 2.82. The second-order valence-corrected chi connectivity index (χ2v) is 7.05. The zero-order valence-corrected chi connectivity index (χ0v) is 13.3. The van der Waals surface area contributed by atoms with Crippen molar-refractivity contribution in [3.05, 3.63) is 30.1 Å². The van der Waals surface area contributed by atoms with Crippen LogP contribution in [0.1, 0.15) is 38.8 Å². The van der Waals surface area contributed by atoms with Crippen LogP contribution in [0, 0.1) is 12.3 Å². The predicted octanol–water partition coefficient (Wildman–Crippen LogP) is 4.14. The third-order valence-corrected chi connectivity index (χ3v) is 4.73. The van der Waals surface area contributed by atoms with E-state index in [2.05, 4.69) is 35.9 Å². The van der Waals surface area contributed by atoms with Gasteiger partial charge in [-0.1, -0.05) is 13.8 Å². The van der Waals surface area contributed by atoms with Crippen molar-refractivity contribution in [2.75, 3.05) is 23.7 Å². The van der Waals surface area contributed by atoms with Crippen LogP contribution in [0.25, 0.3) is 10.8 Å². The average molecular weight is 283 g/mol. The van der Waals surface area contributed by atoms with E-state index in [0.29, 0.717) is 5.41 Å². The van der Waals surface area contributed by atoms with Gasteiger partial charge in [-0.25, -0.2) is 0 Å². The molecule has 1 aromatic heterocycles. The molecule has 0 aliphatic carbocycles. The first-order valence-electron chi connectivity index (χ1n) is 7.86. The number of anilines is 2. The van der Waals surface area contributed by atoms with Crippen molar-refractivity contribution in [2.45, 2.75) is 40.0 Å². The molecule has 0 saturated carbocycles. The number of pyridine rings is 1. The van der Waals surface area contributed by atoms with E-state index >= 15 is 0 Å². The van der Waals surface area contributed by atoms with E-state index in [4.69, 9.17) is 5.73 Å². The summed E-state index contributed by atoms with van der Waals surface area (Å²) in [5.41, 5.74) is 9.74. The lowest BCUT2D eigenvalue weighted by Gasteiger charge is -2.26. The molecule has 0 bridgehead atoms. The van der Waals surface area contributed by atoms with Gasteiger partial charge in [-0.2, -0.15) is 0 Å². The van der Waals surface area contributed by atoms with E-state index < -0.39 is 0 Å². The summed E-state index contributed by atoms with van der Waals surface area (Å²) in [6, 6.07) is 6.36. The number of rotatable bonds is 1. The maximum absolute atomic E-state index is 6.12. The van der Waals surface area contributed by atoms with E-state index in [-0.39, 0.29) is 0 Å². The van der Waals surface area contributed by atoms with Gasteiger partial charge in [0.1, 0.15) is 0 Å². The summed E-state index contributed by atoms with van der Waals surface area (Å²) in [6.07, 6.45) is 5.70. The molecule has 1 aliphatic heterocycles. The summed E-state index contributed by atoms with van der Waals surface area (Å²) in [6.45, 7) is 9.05. The molecule has 0 atom stereocenters. The number of hydrogen-bond donors (Lipinski definition) is 1. The highest BCUT2D eigenvalue weighted by Crippen LogP contribution is 2.35. The Morgan fingerprint density at radius 1 is 1.14 bits per heavy atom. The summed E-state index contributed by atoms with van der Waals surface area (Å²) in [5.74, 6) is 0. The number of nitrogens with zero attached hydrogens (tertiary/aromatic N) is 2. The standard InChI is InChI=1S/C18H25N3/c1-13-11-14-15(12-20-13)16(19)5-6-17(14)21-9-4-7-18(2,3)8-10-21/h5-6,11-12H,4,7-10,19H2,1-3H3. The van der Waals surface area contributed by atoms with E-state index in [1.54, 1.807) is 0 Å². The lowest BCUT2D eigenvalue weighted by Crippen LogP contribution is -2.25. The highest BCUT2D eigenvalue weighted by atomic mass is 15.1. The van der Waals surface area contributed by atoms with Crippen molar-refractivity contribution in [3.63, 3.8) is 0 Å². The van der Waals surface area contributed by atoms with Crippen LogP contribution in [-0.2, 0) is 0 Å². The molecule has 3 rings (SSSR count). The first-order chi connectivity index (χ1) is 9.96. The van der Waals surface area contributed by atoms with E-state index in [1.165, 1.54) is 30.3 Å². The molecule has 3 heteroatoms. The Balaban J connectivity index is 2.04. The normalized spacial score (nSPS) is 18.7. The van der Waals surface area contributed by atoms with Crippen LogP contribution in [0.15, 0.2) is 24.4 Å². The average Bonchev–Trinajstić information content (AvgIpc) is 2.60. The zero-order chi connectivity index (χ0) is 15.0. The molecule has 2 aromatic rings. The number of fused-ring (bicyclic) bond motifs is 1. The molecule has 0 radical (unpaired) electrons. The molecule has 1 aliphatic rings. The smallest absolute Gasteiger partial charge is 0.0448 e. The number of nitrogens with two attached hydrogens (primary N) is 1. The third-order valence-electron chi connectivity index (χ3n) is 4.73. The highest BCUT2D eigenvalue weighted by Gasteiger charge is 2.24. The fraction of sp³-hybridized carbons (Fsp3) is 0.500. The first-order valence-corrected chi connectivity index (χ1v) is 7.86. The van der Waals surface area contributed by atoms with Crippen LogP contribution in [-0.4, -0.2) is 18.1 Å². The number of nitrogen functional groups attached to an aromatic ring is 1. The molecule has 3 nitrogen and oxygen atoms in total. The largest absolute Gasteiger partial charge is 0.398 e. The van der Waals surface area contributed by atoms with Crippen LogP contribution >= 0.6 is 0 Å². The Kier molecular flexibility index (Phi) is 3.52. The number of hydrogen-bond acceptors (Lipinski definition) is 3. The topological polar surface area (TPSA) is 42.1 Å². The van der Waals surface area contributed by atoms with Crippen molar-refractivity contribution >= 4 is 22.1 Å². The molecule has 0 spiro atoms. The van der Waals surface area contributed by atoms with Crippen molar-refractivity contribution in [3.8, 4) is 0 Å². The summed E-state index contributed by atoms with van der Waals surface area (Å²) >= 11 is 0. The molecular weight excluding hydrogens is 258 g/mol.